The van der Waals surface area contributed by atoms with Crippen molar-refractivity contribution in [3.05, 3.63) is 0 Å². The van der Waals surface area contributed by atoms with Gasteiger partial charge in [0.15, 0.2) is 0 Å². The molecule has 1 aliphatic carbocycles. The predicted octanol–water partition coefficient (Wildman–Crippen LogP) is 2.10. The average molecular weight is 271 g/mol. The van der Waals surface area contributed by atoms with E-state index in [9.17, 15) is 0 Å². The van der Waals surface area contributed by atoms with Gasteiger partial charge in [0.1, 0.15) is 6.10 Å². The molecule has 4 nitrogen and oxygen atoms in total. The molecule has 5 unspecified atom stereocenters. The highest BCUT2D eigenvalue weighted by atomic mass is 16.6. The van der Waals surface area contributed by atoms with Crippen LogP contribution in [0.2, 0.25) is 0 Å². The van der Waals surface area contributed by atoms with Crippen LogP contribution < -0.4 is 5.73 Å². The molecular weight excluding hydrogens is 242 g/mol. The standard InChI is InChI=1S/C15H29NO3/c1-4-6-8-17-13-11-12(16)10(3)19-14(11)15(13)18-9-7-5-2/h10-15H,4-9,16H2,1-3H3/t10-,11?,12?,13?,14?,15?/m0/s1. The second kappa shape index (κ2) is 7.02. The van der Waals surface area contributed by atoms with E-state index in [0.29, 0.717) is 5.92 Å². The summed E-state index contributed by atoms with van der Waals surface area (Å²) in [5.41, 5.74) is 6.21. The van der Waals surface area contributed by atoms with Crippen LogP contribution in [0.5, 0.6) is 0 Å². The van der Waals surface area contributed by atoms with Crippen molar-refractivity contribution < 1.29 is 14.2 Å². The topological polar surface area (TPSA) is 53.7 Å². The van der Waals surface area contributed by atoms with Crippen LogP contribution in [-0.2, 0) is 14.2 Å². The van der Waals surface area contributed by atoms with Crippen molar-refractivity contribution >= 4 is 0 Å². The minimum absolute atomic E-state index is 0.0858. The highest BCUT2D eigenvalue weighted by Gasteiger charge is 2.61. The fourth-order valence-corrected chi connectivity index (χ4v) is 3.05. The van der Waals surface area contributed by atoms with Crippen LogP contribution in [0.1, 0.15) is 46.5 Å². The molecule has 19 heavy (non-hydrogen) atoms. The Kier molecular flexibility index (Phi) is 5.63. The Labute approximate surface area is 117 Å². The van der Waals surface area contributed by atoms with E-state index >= 15 is 0 Å². The minimum atomic E-state index is 0.0858. The molecule has 112 valence electrons. The summed E-state index contributed by atoms with van der Waals surface area (Å²) in [5, 5.41) is 0. The second-order valence-electron chi connectivity index (χ2n) is 5.84. The van der Waals surface area contributed by atoms with Gasteiger partial charge in [-0.1, -0.05) is 26.7 Å². The zero-order valence-electron chi connectivity index (χ0n) is 12.5. The van der Waals surface area contributed by atoms with E-state index in [2.05, 4.69) is 20.8 Å². The molecule has 6 atom stereocenters. The molecule has 2 aliphatic rings. The molecular formula is C15H29NO3. The number of nitrogens with two attached hydrogens (primary N) is 1. The van der Waals surface area contributed by atoms with Gasteiger partial charge in [0.2, 0.25) is 0 Å². The van der Waals surface area contributed by atoms with Crippen LogP contribution in [-0.4, -0.2) is 43.7 Å². The molecule has 0 aromatic carbocycles. The van der Waals surface area contributed by atoms with Gasteiger partial charge in [0, 0.05) is 25.2 Å². The Balaban J connectivity index is 1.87. The Hall–Kier alpha value is -0.160. The third-order valence-corrected chi connectivity index (χ3v) is 4.38. The van der Waals surface area contributed by atoms with Crippen LogP contribution in [0.25, 0.3) is 0 Å². The maximum atomic E-state index is 6.21. The first-order valence-electron chi connectivity index (χ1n) is 7.85. The number of fused-ring (bicyclic) bond motifs is 1. The van der Waals surface area contributed by atoms with Crippen LogP contribution in [0.3, 0.4) is 0 Å². The molecule has 0 amide bonds. The van der Waals surface area contributed by atoms with Crippen molar-refractivity contribution in [2.24, 2.45) is 11.7 Å². The first-order valence-corrected chi connectivity index (χ1v) is 7.85. The van der Waals surface area contributed by atoms with Gasteiger partial charge in [-0.2, -0.15) is 0 Å². The maximum Gasteiger partial charge on any atom is 0.111 e. The first kappa shape index (κ1) is 15.2. The number of hydrogen-bond acceptors (Lipinski definition) is 4. The summed E-state index contributed by atoms with van der Waals surface area (Å²) in [6, 6.07) is 0.0858. The quantitative estimate of drug-likeness (QED) is 0.687. The number of unbranched alkanes of at least 4 members (excludes halogenated alkanes) is 2. The molecule has 0 spiro atoms. The van der Waals surface area contributed by atoms with E-state index in [0.717, 1.165) is 38.9 Å². The van der Waals surface area contributed by atoms with Crippen LogP contribution in [0, 0.1) is 5.92 Å². The van der Waals surface area contributed by atoms with Gasteiger partial charge >= 0.3 is 0 Å². The van der Waals surface area contributed by atoms with Crippen LogP contribution in [0.15, 0.2) is 0 Å². The molecule has 0 radical (unpaired) electrons. The summed E-state index contributed by atoms with van der Waals surface area (Å²) in [6.45, 7) is 8.00. The van der Waals surface area contributed by atoms with E-state index in [1.807, 2.05) is 0 Å². The fourth-order valence-electron chi connectivity index (χ4n) is 3.05. The van der Waals surface area contributed by atoms with Crippen molar-refractivity contribution in [1.82, 2.24) is 0 Å². The van der Waals surface area contributed by atoms with Gasteiger partial charge in [-0.25, -0.2) is 0 Å². The lowest BCUT2D eigenvalue weighted by atomic mass is 9.72. The zero-order chi connectivity index (χ0) is 13.8. The summed E-state index contributed by atoms with van der Waals surface area (Å²) >= 11 is 0. The van der Waals surface area contributed by atoms with Crippen LogP contribution in [0.4, 0.5) is 0 Å². The first-order chi connectivity index (χ1) is 9.20. The normalized spacial score (nSPS) is 41.1. The molecule has 0 bridgehead atoms. The summed E-state index contributed by atoms with van der Waals surface area (Å²) < 4.78 is 17.9. The lowest BCUT2D eigenvalue weighted by Gasteiger charge is -2.47. The van der Waals surface area contributed by atoms with Gasteiger partial charge in [0.25, 0.3) is 0 Å². The molecule has 1 aliphatic heterocycles. The van der Waals surface area contributed by atoms with Crippen molar-refractivity contribution in [2.75, 3.05) is 13.2 Å². The highest BCUT2D eigenvalue weighted by molar-refractivity contribution is 5.11. The molecule has 1 heterocycles. The summed E-state index contributed by atoms with van der Waals surface area (Å²) in [7, 11) is 0. The lowest BCUT2D eigenvalue weighted by Crippen LogP contribution is -2.64. The van der Waals surface area contributed by atoms with Crippen molar-refractivity contribution in [2.45, 2.75) is 76.9 Å². The molecule has 1 saturated heterocycles. The van der Waals surface area contributed by atoms with Gasteiger partial charge in [0.05, 0.1) is 18.3 Å². The number of ether oxygens (including phenoxy) is 3. The SMILES string of the molecule is CCCCOC1C(OCCCC)C2C1O[C@@H](C)C2N. The summed E-state index contributed by atoms with van der Waals surface area (Å²) in [5.74, 6) is 0.318. The van der Waals surface area contributed by atoms with Crippen molar-refractivity contribution in [3.63, 3.8) is 0 Å². The van der Waals surface area contributed by atoms with E-state index in [4.69, 9.17) is 19.9 Å². The monoisotopic (exact) mass is 271 g/mol. The van der Waals surface area contributed by atoms with Gasteiger partial charge in [-0.05, 0) is 19.8 Å². The molecule has 0 aromatic rings. The molecule has 2 N–H and O–H groups in total. The third kappa shape index (κ3) is 3.13. The molecule has 2 fully saturated rings. The smallest absolute Gasteiger partial charge is 0.111 e. The average Bonchev–Trinajstić information content (AvgIpc) is 2.64. The third-order valence-electron chi connectivity index (χ3n) is 4.38. The number of rotatable bonds is 8. The molecule has 4 heteroatoms. The highest BCUT2D eigenvalue weighted by Crippen LogP contribution is 2.44. The largest absolute Gasteiger partial charge is 0.375 e. The lowest BCUT2D eigenvalue weighted by molar-refractivity contribution is -0.221. The summed E-state index contributed by atoms with van der Waals surface area (Å²) in [4.78, 5) is 0. The molecule has 2 rings (SSSR count). The fraction of sp³-hybridized carbons (Fsp3) is 1.00. The Bertz CT molecular complexity index is 274. The maximum absolute atomic E-state index is 6.21. The van der Waals surface area contributed by atoms with Crippen molar-refractivity contribution in [3.8, 4) is 0 Å². The van der Waals surface area contributed by atoms with Gasteiger partial charge < -0.3 is 19.9 Å². The van der Waals surface area contributed by atoms with E-state index < -0.39 is 0 Å². The molecule has 0 aromatic heterocycles. The van der Waals surface area contributed by atoms with E-state index in [-0.39, 0.29) is 30.5 Å². The van der Waals surface area contributed by atoms with Crippen LogP contribution >= 0.6 is 0 Å². The van der Waals surface area contributed by atoms with E-state index in [1.54, 1.807) is 0 Å². The zero-order valence-corrected chi connectivity index (χ0v) is 12.5. The summed E-state index contributed by atoms with van der Waals surface area (Å²) in [6.07, 6.45) is 4.98. The van der Waals surface area contributed by atoms with Gasteiger partial charge in [-0.15, -0.1) is 0 Å². The Morgan fingerprint density at radius 1 is 1.00 bits per heavy atom. The minimum Gasteiger partial charge on any atom is -0.375 e. The second-order valence-corrected chi connectivity index (χ2v) is 5.84. The predicted molar refractivity (Wildman–Crippen MR) is 75.1 cm³/mol. The van der Waals surface area contributed by atoms with E-state index in [1.165, 1.54) is 0 Å². The Morgan fingerprint density at radius 3 is 2.16 bits per heavy atom. The van der Waals surface area contributed by atoms with Gasteiger partial charge in [-0.3, -0.25) is 0 Å². The molecule has 1 saturated carbocycles. The Morgan fingerprint density at radius 2 is 1.58 bits per heavy atom. The number of hydrogen-bond donors (Lipinski definition) is 1. The van der Waals surface area contributed by atoms with Crippen molar-refractivity contribution in [1.29, 1.82) is 0 Å².